The molecule has 1 aromatic carbocycles. The van der Waals surface area contributed by atoms with Gasteiger partial charge in [-0.05, 0) is 55.4 Å². The average molecular weight is 417 g/mol. The number of nitrogens with zero attached hydrogens (tertiary/aromatic N) is 1. The van der Waals surface area contributed by atoms with Crippen LogP contribution in [-0.4, -0.2) is 29.2 Å². The fourth-order valence-electron chi connectivity index (χ4n) is 4.52. The number of imide groups is 1. The third-order valence-electron chi connectivity index (χ3n) is 5.85. The number of rotatable bonds is 4. The predicted octanol–water partition coefficient (Wildman–Crippen LogP) is 3.28. The second-order valence-corrected chi connectivity index (χ2v) is 8.29. The van der Waals surface area contributed by atoms with E-state index in [1.807, 2.05) is 25.1 Å². The standard InChI is InChI=1S/C20H21BrN2O3/c1-11-10-14(6-7-15(11)21)22-16(24)8-9-23-19(25)17-12-2-3-13(5-4-12)18(17)20(23)26/h2-3,6-7,10,12-13,17-18H,4-5,8-9H2,1H3,(H,22,24)/t12-,13-,17-,18+/m0/s1. The van der Waals surface area contributed by atoms with Crippen molar-refractivity contribution in [2.45, 2.75) is 26.2 Å². The van der Waals surface area contributed by atoms with Crippen molar-refractivity contribution in [1.29, 1.82) is 0 Å². The van der Waals surface area contributed by atoms with Crippen LogP contribution in [0.3, 0.4) is 0 Å². The van der Waals surface area contributed by atoms with E-state index in [1.165, 1.54) is 4.90 Å². The van der Waals surface area contributed by atoms with E-state index in [4.69, 9.17) is 0 Å². The zero-order valence-electron chi connectivity index (χ0n) is 14.6. The molecule has 2 fully saturated rings. The Bertz CT molecular complexity index is 787. The molecular formula is C20H21BrN2O3. The van der Waals surface area contributed by atoms with Gasteiger partial charge in [0.2, 0.25) is 17.7 Å². The number of carbonyl (C=O) groups is 3. The summed E-state index contributed by atoms with van der Waals surface area (Å²) >= 11 is 3.43. The number of likely N-dealkylation sites (tertiary alicyclic amines) is 1. The van der Waals surface area contributed by atoms with Crippen LogP contribution in [0.25, 0.3) is 0 Å². The Morgan fingerprint density at radius 1 is 1.15 bits per heavy atom. The summed E-state index contributed by atoms with van der Waals surface area (Å²) in [7, 11) is 0. The number of anilines is 1. The first-order valence-electron chi connectivity index (χ1n) is 9.05. The smallest absolute Gasteiger partial charge is 0.233 e. The second kappa shape index (κ2) is 6.65. The number of hydrogen-bond acceptors (Lipinski definition) is 3. The molecular weight excluding hydrogens is 396 g/mol. The molecule has 0 aromatic heterocycles. The molecule has 1 aliphatic heterocycles. The summed E-state index contributed by atoms with van der Waals surface area (Å²) in [6.07, 6.45) is 6.30. The zero-order valence-corrected chi connectivity index (χ0v) is 16.2. The van der Waals surface area contributed by atoms with Gasteiger partial charge in [0.05, 0.1) is 11.8 Å². The van der Waals surface area contributed by atoms with Crippen molar-refractivity contribution in [1.82, 2.24) is 4.90 Å². The molecule has 136 valence electrons. The van der Waals surface area contributed by atoms with Crippen LogP contribution in [-0.2, 0) is 14.4 Å². The minimum Gasteiger partial charge on any atom is -0.326 e. The van der Waals surface area contributed by atoms with Gasteiger partial charge >= 0.3 is 0 Å². The number of hydrogen-bond donors (Lipinski definition) is 1. The highest BCUT2D eigenvalue weighted by molar-refractivity contribution is 9.10. The van der Waals surface area contributed by atoms with Crippen molar-refractivity contribution >= 4 is 39.3 Å². The van der Waals surface area contributed by atoms with Gasteiger partial charge in [-0.1, -0.05) is 28.1 Å². The number of fused-ring (bicyclic) bond motifs is 1. The molecule has 3 amide bonds. The van der Waals surface area contributed by atoms with Crippen LogP contribution in [0.5, 0.6) is 0 Å². The highest BCUT2D eigenvalue weighted by Crippen LogP contribution is 2.49. The fourth-order valence-corrected chi connectivity index (χ4v) is 4.76. The summed E-state index contributed by atoms with van der Waals surface area (Å²) in [5, 5.41) is 2.83. The number of aryl methyl sites for hydroxylation is 1. The molecule has 1 saturated carbocycles. The van der Waals surface area contributed by atoms with Gasteiger partial charge in [-0.2, -0.15) is 0 Å². The number of amides is 3. The molecule has 1 saturated heterocycles. The van der Waals surface area contributed by atoms with Gasteiger partial charge in [0.15, 0.2) is 0 Å². The minimum atomic E-state index is -0.205. The van der Waals surface area contributed by atoms with Crippen LogP contribution in [0.15, 0.2) is 34.8 Å². The van der Waals surface area contributed by atoms with E-state index in [0.717, 1.165) is 22.9 Å². The van der Waals surface area contributed by atoms with Crippen molar-refractivity contribution in [3.63, 3.8) is 0 Å². The Morgan fingerprint density at radius 3 is 2.31 bits per heavy atom. The van der Waals surface area contributed by atoms with Crippen LogP contribution < -0.4 is 5.32 Å². The summed E-state index contributed by atoms with van der Waals surface area (Å²) in [6.45, 7) is 2.11. The van der Waals surface area contributed by atoms with E-state index in [-0.39, 0.29) is 54.4 Å². The molecule has 4 aliphatic rings. The van der Waals surface area contributed by atoms with E-state index in [1.54, 1.807) is 0 Å². The lowest BCUT2D eigenvalue weighted by Crippen LogP contribution is -2.38. The van der Waals surface area contributed by atoms with Crippen LogP contribution in [0, 0.1) is 30.6 Å². The van der Waals surface area contributed by atoms with Gasteiger partial charge in [-0.15, -0.1) is 0 Å². The van der Waals surface area contributed by atoms with E-state index in [0.29, 0.717) is 5.69 Å². The molecule has 4 atom stereocenters. The van der Waals surface area contributed by atoms with Gasteiger partial charge in [0.25, 0.3) is 0 Å². The van der Waals surface area contributed by atoms with Crippen molar-refractivity contribution in [3.8, 4) is 0 Å². The lowest BCUT2D eigenvalue weighted by Gasteiger charge is -2.38. The number of allylic oxidation sites excluding steroid dienone is 2. The molecule has 3 aliphatic carbocycles. The predicted molar refractivity (Wildman–Crippen MR) is 101 cm³/mol. The first-order chi connectivity index (χ1) is 12.5. The molecule has 0 spiro atoms. The van der Waals surface area contributed by atoms with Crippen molar-refractivity contribution < 1.29 is 14.4 Å². The minimum absolute atomic E-state index is 0.0914. The van der Waals surface area contributed by atoms with Crippen molar-refractivity contribution in [2.24, 2.45) is 23.7 Å². The number of carbonyl (C=O) groups excluding carboxylic acids is 3. The van der Waals surface area contributed by atoms with Crippen molar-refractivity contribution in [3.05, 3.63) is 40.4 Å². The third kappa shape index (κ3) is 2.90. The van der Waals surface area contributed by atoms with Gasteiger partial charge in [0.1, 0.15) is 0 Å². The van der Waals surface area contributed by atoms with Gasteiger partial charge in [0, 0.05) is 23.1 Å². The maximum Gasteiger partial charge on any atom is 0.233 e. The first kappa shape index (κ1) is 17.5. The number of benzene rings is 1. The molecule has 0 radical (unpaired) electrons. The van der Waals surface area contributed by atoms with Gasteiger partial charge in [-0.25, -0.2) is 0 Å². The maximum atomic E-state index is 12.7. The summed E-state index contributed by atoms with van der Waals surface area (Å²) in [5.74, 6) is -0.412. The lowest BCUT2D eigenvalue weighted by molar-refractivity contribution is -0.140. The van der Waals surface area contributed by atoms with Crippen LogP contribution in [0.4, 0.5) is 5.69 Å². The highest BCUT2D eigenvalue weighted by atomic mass is 79.9. The third-order valence-corrected chi connectivity index (χ3v) is 6.74. The lowest BCUT2D eigenvalue weighted by atomic mass is 9.63. The molecule has 2 bridgehead atoms. The second-order valence-electron chi connectivity index (χ2n) is 7.43. The molecule has 6 heteroatoms. The quantitative estimate of drug-likeness (QED) is 0.604. The molecule has 1 aromatic rings. The maximum absolute atomic E-state index is 12.7. The Morgan fingerprint density at radius 2 is 1.77 bits per heavy atom. The summed E-state index contributed by atoms with van der Waals surface area (Å²) in [4.78, 5) is 39.0. The highest BCUT2D eigenvalue weighted by Gasteiger charge is 2.56. The molecule has 1 N–H and O–H groups in total. The van der Waals surface area contributed by atoms with Crippen LogP contribution in [0.2, 0.25) is 0 Å². The van der Waals surface area contributed by atoms with Crippen molar-refractivity contribution in [2.75, 3.05) is 11.9 Å². The summed E-state index contributed by atoms with van der Waals surface area (Å²) < 4.78 is 0.981. The normalized spacial score (nSPS) is 29.2. The Kier molecular flexibility index (Phi) is 4.47. The fraction of sp³-hybridized carbons (Fsp3) is 0.450. The SMILES string of the molecule is Cc1cc(NC(=O)CCN2C(=O)[C@@H]3[C@H](C2=O)[C@H]2C=C[C@H]3CC2)ccc1Br. The van der Waals surface area contributed by atoms with Gasteiger partial charge in [-0.3, -0.25) is 19.3 Å². The largest absolute Gasteiger partial charge is 0.326 e. The zero-order chi connectivity index (χ0) is 18.4. The van der Waals surface area contributed by atoms with Crippen LogP contribution >= 0.6 is 15.9 Å². The molecule has 26 heavy (non-hydrogen) atoms. The molecule has 0 unspecified atom stereocenters. The average Bonchev–Trinajstić information content (AvgIpc) is 2.90. The first-order valence-corrected chi connectivity index (χ1v) is 9.84. The monoisotopic (exact) mass is 416 g/mol. The van der Waals surface area contributed by atoms with E-state index in [9.17, 15) is 14.4 Å². The summed E-state index contributed by atoms with van der Waals surface area (Å²) in [6, 6.07) is 5.58. The van der Waals surface area contributed by atoms with E-state index in [2.05, 4.69) is 33.4 Å². The molecule has 5 rings (SSSR count). The van der Waals surface area contributed by atoms with Gasteiger partial charge < -0.3 is 5.32 Å². The van der Waals surface area contributed by atoms with Crippen LogP contribution in [0.1, 0.15) is 24.8 Å². The summed E-state index contributed by atoms with van der Waals surface area (Å²) in [5.41, 5.74) is 1.74. The molecule has 1 heterocycles. The van der Waals surface area contributed by atoms with E-state index < -0.39 is 0 Å². The van der Waals surface area contributed by atoms with E-state index >= 15 is 0 Å². The Balaban J connectivity index is 1.39. The molecule has 5 nitrogen and oxygen atoms in total. The number of halogens is 1. The number of nitrogens with one attached hydrogen (secondary N) is 1. The topological polar surface area (TPSA) is 66.5 Å². The Labute approximate surface area is 160 Å². The Hall–Kier alpha value is -1.95.